The maximum atomic E-state index is 12.1. The zero-order valence-corrected chi connectivity index (χ0v) is 13.8. The van der Waals surface area contributed by atoms with Gasteiger partial charge in [0, 0.05) is 29.3 Å². The van der Waals surface area contributed by atoms with Gasteiger partial charge < -0.3 is 14.6 Å². The predicted molar refractivity (Wildman–Crippen MR) is 92.8 cm³/mol. The van der Waals surface area contributed by atoms with Crippen molar-refractivity contribution >= 4 is 11.6 Å². The summed E-state index contributed by atoms with van der Waals surface area (Å²) in [6.07, 6.45) is 0. The van der Waals surface area contributed by atoms with E-state index in [2.05, 4.69) is 10.5 Å². The average Bonchev–Trinajstić information content (AvgIpc) is 3.15. The van der Waals surface area contributed by atoms with E-state index in [9.17, 15) is 14.9 Å². The van der Waals surface area contributed by atoms with Gasteiger partial charge in [-0.05, 0) is 18.2 Å². The Balaban J connectivity index is 1.67. The smallest absolute Gasteiger partial charge is 0.270 e. The molecule has 132 valence electrons. The highest BCUT2D eigenvalue weighted by atomic mass is 16.6. The molecule has 1 amide bonds. The molecule has 0 radical (unpaired) electrons. The van der Waals surface area contributed by atoms with E-state index in [-0.39, 0.29) is 17.8 Å². The van der Waals surface area contributed by atoms with Gasteiger partial charge in [-0.25, -0.2) is 0 Å². The molecular formula is C18H15N3O5. The van der Waals surface area contributed by atoms with Crippen molar-refractivity contribution in [2.45, 2.75) is 6.54 Å². The molecule has 8 heteroatoms. The Kier molecular flexibility index (Phi) is 4.93. The molecular weight excluding hydrogens is 338 g/mol. The van der Waals surface area contributed by atoms with E-state index >= 15 is 0 Å². The summed E-state index contributed by atoms with van der Waals surface area (Å²) in [5.41, 5.74) is 1.39. The second kappa shape index (κ2) is 7.47. The van der Waals surface area contributed by atoms with Crippen LogP contribution in [0.4, 0.5) is 5.69 Å². The summed E-state index contributed by atoms with van der Waals surface area (Å²) in [4.78, 5) is 22.4. The van der Waals surface area contributed by atoms with E-state index in [1.54, 1.807) is 13.2 Å². The van der Waals surface area contributed by atoms with Gasteiger partial charge in [0.2, 0.25) is 0 Å². The van der Waals surface area contributed by atoms with Crippen molar-refractivity contribution in [3.8, 4) is 17.1 Å². The number of nitrogens with zero attached hydrogens (tertiary/aromatic N) is 2. The van der Waals surface area contributed by atoms with E-state index in [1.165, 1.54) is 24.3 Å². The number of hydrogen-bond acceptors (Lipinski definition) is 6. The Morgan fingerprint density at radius 2 is 2.04 bits per heavy atom. The van der Waals surface area contributed by atoms with E-state index in [0.29, 0.717) is 17.2 Å². The molecule has 0 atom stereocenters. The monoisotopic (exact) mass is 353 g/mol. The minimum Gasteiger partial charge on any atom is -0.497 e. The quantitative estimate of drug-likeness (QED) is 0.539. The van der Waals surface area contributed by atoms with Crippen LogP contribution in [0.3, 0.4) is 0 Å². The lowest BCUT2D eigenvalue weighted by molar-refractivity contribution is -0.384. The molecule has 1 heterocycles. The maximum absolute atomic E-state index is 12.1. The minimum atomic E-state index is -0.547. The molecule has 0 aliphatic carbocycles. The molecule has 1 N–H and O–H groups in total. The van der Waals surface area contributed by atoms with Crippen molar-refractivity contribution in [1.29, 1.82) is 0 Å². The average molecular weight is 353 g/mol. The van der Waals surface area contributed by atoms with Gasteiger partial charge in [0.25, 0.3) is 11.6 Å². The van der Waals surface area contributed by atoms with Gasteiger partial charge in [0.05, 0.1) is 18.6 Å². The van der Waals surface area contributed by atoms with E-state index < -0.39 is 10.8 Å². The largest absolute Gasteiger partial charge is 0.497 e. The molecule has 2 aromatic carbocycles. The number of carbonyl (C=O) groups excluding carboxylic acids is 1. The summed E-state index contributed by atoms with van der Waals surface area (Å²) in [5, 5.41) is 17.4. The van der Waals surface area contributed by atoms with Crippen molar-refractivity contribution in [2.24, 2.45) is 0 Å². The van der Waals surface area contributed by atoms with Crippen molar-refractivity contribution in [1.82, 2.24) is 10.5 Å². The first-order valence-electron chi connectivity index (χ1n) is 7.69. The van der Waals surface area contributed by atoms with E-state index in [4.69, 9.17) is 9.26 Å². The van der Waals surface area contributed by atoms with Gasteiger partial charge in [-0.3, -0.25) is 14.9 Å². The summed E-state index contributed by atoms with van der Waals surface area (Å²) < 4.78 is 10.5. The summed E-state index contributed by atoms with van der Waals surface area (Å²) in [7, 11) is 1.58. The van der Waals surface area contributed by atoms with Crippen molar-refractivity contribution in [2.75, 3.05) is 7.11 Å². The van der Waals surface area contributed by atoms with Gasteiger partial charge in [-0.15, -0.1) is 0 Å². The van der Waals surface area contributed by atoms with Crippen LogP contribution in [0.15, 0.2) is 59.1 Å². The molecule has 8 nitrogen and oxygen atoms in total. The summed E-state index contributed by atoms with van der Waals surface area (Å²) in [6.45, 7) is 0.134. The highest BCUT2D eigenvalue weighted by Crippen LogP contribution is 2.24. The Morgan fingerprint density at radius 3 is 2.81 bits per heavy atom. The zero-order chi connectivity index (χ0) is 18.5. The topological polar surface area (TPSA) is 108 Å². The second-order valence-corrected chi connectivity index (χ2v) is 5.40. The van der Waals surface area contributed by atoms with Crippen molar-refractivity contribution < 1.29 is 19.0 Å². The van der Waals surface area contributed by atoms with Crippen molar-refractivity contribution in [3.63, 3.8) is 0 Å². The van der Waals surface area contributed by atoms with Crippen LogP contribution in [-0.4, -0.2) is 23.1 Å². The van der Waals surface area contributed by atoms with Gasteiger partial charge in [-0.2, -0.15) is 0 Å². The third-order valence-corrected chi connectivity index (χ3v) is 3.66. The number of carbonyl (C=O) groups is 1. The number of hydrogen-bond donors (Lipinski definition) is 1. The predicted octanol–water partition coefficient (Wildman–Crippen LogP) is 3.19. The first-order chi connectivity index (χ1) is 12.6. The lowest BCUT2D eigenvalue weighted by Crippen LogP contribution is -2.22. The molecule has 0 unspecified atom stereocenters. The van der Waals surface area contributed by atoms with Crippen LogP contribution in [0.1, 0.15) is 16.1 Å². The fourth-order valence-electron chi connectivity index (χ4n) is 2.34. The molecule has 0 bridgehead atoms. The summed E-state index contributed by atoms with van der Waals surface area (Å²) in [6, 6.07) is 14.6. The lowest BCUT2D eigenvalue weighted by Gasteiger charge is -2.02. The van der Waals surface area contributed by atoms with Crippen molar-refractivity contribution in [3.05, 3.63) is 76.0 Å². The Hall–Kier alpha value is -3.68. The van der Waals surface area contributed by atoms with Gasteiger partial charge in [-0.1, -0.05) is 23.4 Å². The van der Waals surface area contributed by atoms with Gasteiger partial charge in [0.15, 0.2) is 5.76 Å². The van der Waals surface area contributed by atoms with Crippen LogP contribution in [0.25, 0.3) is 11.3 Å². The summed E-state index contributed by atoms with van der Waals surface area (Å²) in [5.74, 6) is 0.808. The molecule has 3 rings (SSSR count). The highest BCUT2D eigenvalue weighted by Gasteiger charge is 2.13. The number of nitrogens with one attached hydrogen (secondary N) is 1. The molecule has 0 aliphatic heterocycles. The fourth-order valence-corrected chi connectivity index (χ4v) is 2.34. The van der Waals surface area contributed by atoms with Crippen LogP contribution in [-0.2, 0) is 6.54 Å². The third kappa shape index (κ3) is 3.86. The number of methoxy groups -OCH3 is 1. The highest BCUT2D eigenvalue weighted by molar-refractivity contribution is 5.94. The summed E-state index contributed by atoms with van der Waals surface area (Å²) >= 11 is 0. The Labute approximate surface area is 148 Å². The number of amides is 1. The number of nitro groups is 1. The third-order valence-electron chi connectivity index (χ3n) is 3.66. The van der Waals surface area contributed by atoms with Crippen LogP contribution in [0.2, 0.25) is 0 Å². The normalized spacial score (nSPS) is 10.3. The maximum Gasteiger partial charge on any atom is 0.270 e. The number of non-ortho nitro benzene ring substituents is 1. The number of aromatic nitrogens is 1. The van der Waals surface area contributed by atoms with Crippen LogP contribution in [0.5, 0.6) is 5.75 Å². The molecule has 0 aliphatic rings. The molecule has 0 spiro atoms. The second-order valence-electron chi connectivity index (χ2n) is 5.40. The molecule has 1 aromatic heterocycles. The number of ether oxygens (including phenoxy) is 1. The van der Waals surface area contributed by atoms with Crippen LogP contribution < -0.4 is 10.1 Å². The fraction of sp³-hybridized carbons (Fsp3) is 0.111. The standard InChI is InChI=1S/C18H15N3O5/c1-25-16-7-3-4-12(9-16)17-10-14(20-26-17)11-19-18(22)13-5-2-6-15(8-13)21(23)24/h2-10H,11H2,1H3,(H,19,22). The minimum absolute atomic E-state index is 0.134. The van der Waals surface area contributed by atoms with Gasteiger partial charge in [0.1, 0.15) is 11.4 Å². The lowest BCUT2D eigenvalue weighted by atomic mass is 10.1. The first kappa shape index (κ1) is 17.2. The SMILES string of the molecule is COc1cccc(-c2cc(CNC(=O)c3cccc([N+](=O)[O-])c3)no2)c1. The molecule has 0 saturated carbocycles. The zero-order valence-electron chi connectivity index (χ0n) is 13.8. The first-order valence-corrected chi connectivity index (χ1v) is 7.69. The Bertz CT molecular complexity index is 951. The molecule has 26 heavy (non-hydrogen) atoms. The van der Waals surface area contributed by atoms with Gasteiger partial charge >= 0.3 is 0 Å². The number of rotatable bonds is 6. The number of nitro benzene ring substituents is 1. The molecule has 0 saturated heterocycles. The number of benzene rings is 2. The molecule has 0 fully saturated rings. The van der Waals surface area contributed by atoms with E-state index in [0.717, 1.165) is 5.56 Å². The van der Waals surface area contributed by atoms with Crippen LogP contribution in [0, 0.1) is 10.1 Å². The van der Waals surface area contributed by atoms with Crippen LogP contribution >= 0.6 is 0 Å². The molecule has 3 aromatic rings. The Morgan fingerprint density at radius 1 is 1.23 bits per heavy atom. The van der Waals surface area contributed by atoms with E-state index in [1.807, 2.05) is 24.3 Å².